The number of benzene rings is 1. The number of para-hydroxylation sites is 1. The van der Waals surface area contributed by atoms with Gasteiger partial charge < -0.3 is 4.90 Å². The van der Waals surface area contributed by atoms with Crippen LogP contribution in [0.3, 0.4) is 0 Å². The van der Waals surface area contributed by atoms with Gasteiger partial charge in [0.1, 0.15) is 5.69 Å². The van der Waals surface area contributed by atoms with Crippen molar-refractivity contribution in [1.82, 2.24) is 0 Å². The summed E-state index contributed by atoms with van der Waals surface area (Å²) >= 11 is 0. The highest BCUT2D eigenvalue weighted by Gasteiger charge is 2.20. The molecule has 0 aromatic heterocycles. The summed E-state index contributed by atoms with van der Waals surface area (Å²) in [7, 11) is 0. The maximum Gasteiger partial charge on any atom is 0.292 e. The van der Waals surface area contributed by atoms with Gasteiger partial charge in [-0.15, -0.1) is 0 Å². The highest BCUT2D eigenvalue weighted by Crippen LogP contribution is 2.32. The van der Waals surface area contributed by atoms with Crippen LogP contribution in [-0.4, -0.2) is 18.0 Å². The van der Waals surface area contributed by atoms with Gasteiger partial charge in [-0.2, -0.15) is 0 Å². The smallest absolute Gasteiger partial charge is 0.292 e. The highest BCUT2D eigenvalue weighted by molar-refractivity contribution is 5.68. The maximum absolute atomic E-state index is 11.1. The third kappa shape index (κ3) is 2.96. The van der Waals surface area contributed by atoms with Crippen molar-refractivity contribution in [2.24, 2.45) is 0 Å². The molecule has 1 rings (SSSR count). The maximum atomic E-state index is 11.1. The zero-order valence-corrected chi connectivity index (χ0v) is 10.8. The van der Waals surface area contributed by atoms with Crippen LogP contribution in [0.4, 0.5) is 11.4 Å². The lowest BCUT2D eigenvalue weighted by Gasteiger charge is -2.24. The molecular weight excluding hydrogens is 216 g/mol. The predicted molar refractivity (Wildman–Crippen MR) is 70.7 cm³/mol. The lowest BCUT2D eigenvalue weighted by molar-refractivity contribution is -0.384. The molecule has 94 valence electrons. The molecule has 0 N–H and O–H groups in total. The fraction of sp³-hybridized carbons (Fsp3) is 0.538. The molecule has 0 radical (unpaired) electrons. The van der Waals surface area contributed by atoms with Crippen LogP contribution in [0.1, 0.15) is 32.8 Å². The molecule has 0 atom stereocenters. The summed E-state index contributed by atoms with van der Waals surface area (Å²) < 4.78 is 0. The van der Waals surface area contributed by atoms with Crippen molar-refractivity contribution in [3.63, 3.8) is 0 Å². The van der Waals surface area contributed by atoms with Crippen molar-refractivity contribution in [2.75, 3.05) is 18.0 Å². The second-order valence-corrected chi connectivity index (χ2v) is 3.98. The van der Waals surface area contributed by atoms with Gasteiger partial charge in [0.15, 0.2) is 0 Å². The number of aryl methyl sites for hydroxylation is 1. The van der Waals surface area contributed by atoms with E-state index in [0.29, 0.717) is 0 Å². The molecule has 0 saturated carbocycles. The molecule has 0 aliphatic heterocycles. The summed E-state index contributed by atoms with van der Waals surface area (Å²) in [5.74, 6) is 0. The van der Waals surface area contributed by atoms with Crippen molar-refractivity contribution in [3.8, 4) is 0 Å². The van der Waals surface area contributed by atoms with Crippen LogP contribution in [0.25, 0.3) is 0 Å². The fourth-order valence-electron chi connectivity index (χ4n) is 2.07. The Hall–Kier alpha value is -1.58. The lowest BCUT2D eigenvalue weighted by atomic mass is 10.1. The number of anilines is 1. The molecule has 0 aliphatic carbocycles. The molecule has 0 unspecified atom stereocenters. The van der Waals surface area contributed by atoms with Gasteiger partial charge in [0, 0.05) is 19.2 Å². The van der Waals surface area contributed by atoms with Gasteiger partial charge in [-0.1, -0.05) is 26.0 Å². The average Bonchev–Trinajstić information content (AvgIpc) is 2.35. The van der Waals surface area contributed by atoms with E-state index in [4.69, 9.17) is 0 Å². The van der Waals surface area contributed by atoms with Crippen LogP contribution in [0.2, 0.25) is 0 Å². The van der Waals surface area contributed by atoms with Crippen molar-refractivity contribution < 1.29 is 4.92 Å². The van der Waals surface area contributed by atoms with Crippen LogP contribution in [0.5, 0.6) is 0 Å². The summed E-state index contributed by atoms with van der Waals surface area (Å²) in [5.41, 5.74) is 2.07. The standard InChI is InChI=1S/C13H20N2O2/c1-4-10-14(6-3)13-11(5-2)8-7-9-12(13)15(16)17/h7-9H,4-6,10H2,1-3H3. The average molecular weight is 236 g/mol. The third-order valence-electron chi connectivity index (χ3n) is 2.87. The quantitative estimate of drug-likeness (QED) is 0.561. The first-order valence-electron chi connectivity index (χ1n) is 6.16. The number of hydrogen-bond donors (Lipinski definition) is 0. The van der Waals surface area contributed by atoms with Gasteiger partial charge in [0.25, 0.3) is 5.69 Å². The van der Waals surface area contributed by atoms with E-state index in [1.807, 2.05) is 19.9 Å². The van der Waals surface area contributed by atoms with E-state index in [1.54, 1.807) is 12.1 Å². The van der Waals surface area contributed by atoms with E-state index in [9.17, 15) is 10.1 Å². The largest absolute Gasteiger partial charge is 0.366 e. The molecule has 0 fully saturated rings. The van der Waals surface area contributed by atoms with Crippen molar-refractivity contribution in [2.45, 2.75) is 33.6 Å². The Morgan fingerprint density at radius 1 is 1.29 bits per heavy atom. The first-order valence-corrected chi connectivity index (χ1v) is 6.16. The fourth-order valence-corrected chi connectivity index (χ4v) is 2.07. The van der Waals surface area contributed by atoms with Gasteiger partial charge >= 0.3 is 0 Å². The first kappa shape index (κ1) is 13.5. The molecular formula is C13H20N2O2. The van der Waals surface area contributed by atoms with Gasteiger partial charge in [-0.25, -0.2) is 0 Å². The van der Waals surface area contributed by atoms with Crippen molar-refractivity contribution in [3.05, 3.63) is 33.9 Å². The highest BCUT2D eigenvalue weighted by atomic mass is 16.6. The van der Waals surface area contributed by atoms with Gasteiger partial charge in [-0.3, -0.25) is 10.1 Å². The molecule has 0 saturated heterocycles. The minimum Gasteiger partial charge on any atom is -0.366 e. The van der Waals surface area contributed by atoms with Crippen LogP contribution >= 0.6 is 0 Å². The second-order valence-electron chi connectivity index (χ2n) is 3.98. The summed E-state index contributed by atoms with van der Waals surface area (Å²) in [6.07, 6.45) is 1.81. The monoisotopic (exact) mass is 236 g/mol. The number of hydrogen-bond acceptors (Lipinski definition) is 3. The Morgan fingerprint density at radius 3 is 2.47 bits per heavy atom. The third-order valence-corrected chi connectivity index (χ3v) is 2.87. The molecule has 4 nitrogen and oxygen atoms in total. The van der Waals surface area contributed by atoms with Crippen LogP contribution in [-0.2, 0) is 6.42 Å². The normalized spacial score (nSPS) is 10.3. The molecule has 1 aromatic rings. The molecule has 0 bridgehead atoms. The zero-order chi connectivity index (χ0) is 12.8. The van der Waals surface area contributed by atoms with Crippen LogP contribution in [0.15, 0.2) is 18.2 Å². The molecule has 4 heteroatoms. The molecule has 0 aliphatic rings. The Balaban J connectivity index is 3.29. The van der Waals surface area contributed by atoms with Crippen molar-refractivity contribution >= 4 is 11.4 Å². The Kier molecular flexibility index (Phi) is 4.94. The summed E-state index contributed by atoms with van der Waals surface area (Å²) in [5, 5.41) is 11.1. The predicted octanol–water partition coefficient (Wildman–Crippen LogP) is 3.39. The van der Waals surface area contributed by atoms with E-state index < -0.39 is 0 Å². The van der Waals surface area contributed by atoms with Crippen molar-refractivity contribution in [1.29, 1.82) is 0 Å². The van der Waals surface area contributed by atoms with Gasteiger partial charge in [0.2, 0.25) is 0 Å². The molecule has 0 heterocycles. The minimum absolute atomic E-state index is 0.222. The lowest BCUT2D eigenvalue weighted by Crippen LogP contribution is -2.25. The number of nitro benzene ring substituents is 1. The van der Waals surface area contributed by atoms with E-state index in [0.717, 1.165) is 37.2 Å². The minimum atomic E-state index is -0.285. The topological polar surface area (TPSA) is 46.4 Å². The number of nitro groups is 1. The van der Waals surface area contributed by atoms with E-state index in [2.05, 4.69) is 11.8 Å². The Labute approximate surface area is 102 Å². The van der Waals surface area contributed by atoms with Crippen LogP contribution < -0.4 is 4.90 Å². The van der Waals surface area contributed by atoms with E-state index in [1.165, 1.54) is 0 Å². The molecule has 0 spiro atoms. The van der Waals surface area contributed by atoms with E-state index >= 15 is 0 Å². The van der Waals surface area contributed by atoms with Crippen LogP contribution in [0, 0.1) is 10.1 Å². The Morgan fingerprint density at radius 2 is 2.00 bits per heavy atom. The van der Waals surface area contributed by atoms with Gasteiger partial charge in [-0.05, 0) is 25.3 Å². The number of rotatable bonds is 6. The summed E-state index contributed by atoms with van der Waals surface area (Å²) in [4.78, 5) is 12.9. The zero-order valence-electron chi connectivity index (χ0n) is 10.8. The molecule has 1 aromatic carbocycles. The first-order chi connectivity index (χ1) is 8.15. The second kappa shape index (κ2) is 6.23. The Bertz CT molecular complexity index is 391. The summed E-state index contributed by atoms with van der Waals surface area (Å²) in [6.45, 7) is 7.80. The van der Waals surface area contributed by atoms with Gasteiger partial charge in [0.05, 0.1) is 4.92 Å². The number of nitrogens with zero attached hydrogens (tertiary/aromatic N) is 2. The molecule has 17 heavy (non-hydrogen) atoms. The SMILES string of the molecule is CCCN(CC)c1c(CC)cccc1[N+](=O)[O-]. The van der Waals surface area contributed by atoms with E-state index in [-0.39, 0.29) is 10.6 Å². The molecule has 0 amide bonds. The summed E-state index contributed by atoms with van der Waals surface area (Å²) in [6, 6.07) is 5.33.